The summed E-state index contributed by atoms with van der Waals surface area (Å²) in [5, 5.41) is 0. The lowest BCUT2D eigenvalue weighted by atomic mass is 10.2. The van der Waals surface area contributed by atoms with E-state index in [4.69, 9.17) is 4.74 Å². The minimum absolute atomic E-state index is 0.0613. The van der Waals surface area contributed by atoms with Gasteiger partial charge in [0.1, 0.15) is 5.75 Å². The largest absolute Gasteiger partial charge is 0.490 e. The van der Waals surface area contributed by atoms with E-state index >= 15 is 0 Å². The highest BCUT2D eigenvalue weighted by molar-refractivity contribution is 7.92. The normalized spacial score (nSPS) is 12.2. The fourth-order valence-corrected chi connectivity index (χ4v) is 4.00. The van der Waals surface area contributed by atoms with Crippen molar-refractivity contribution < 1.29 is 26.3 Å². The molecule has 154 valence electrons. The van der Waals surface area contributed by atoms with Crippen molar-refractivity contribution in [3.63, 3.8) is 0 Å². The number of nitrogens with zero attached hydrogens (tertiary/aromatic N) is 2. The molecule has 0 aliphatic rings. The summed E-state index contributed by atoms with van der Waals surface area (Å²) in [5.41, 5.74) is 0.580. The molecule has 0 N–H and O–H groups in total. The minimum atomic E-state index is -4.85. The van der Waals surface area contributed by atoms with Gasteiger partial charge in [-0.15, -0.1) is 0 Å². The van der Waals surface area contributed by atoms with Crippen LogP contribution in [0.25, 0.3) is 0 Å². The van der Waals surface area contributed by atoms with E-state index in [1.54, 1.807) is 24.3 Å². The Bertz CT molecular complexity index is 854. The summed E-state index contributed by atoms with van der Waals surface area (Å²) in [6.07, 6.45) is -0.480. The zero-order valence-electron chi connectivity index (χ0n) is 15.7. The standard InChI is InChI=1S/C19H23F3N2O3S/c1-3-17(4-2)27-18-9-5-8-16(11-18)24(13-15-7-6-10-23-12-15)28(25,26)14-19(20,21)22/h5-12,17H,3-4,13-14H2,1-2H3. The van der Waals surface area contributed by atoms with Crippen LogP contribution in [0.5, 0.6) is 5.75 Å². The first-order chi connectivity index (χ1) is 13.1. The first-order valence-electron chi connectivity index (χ1n) is 8.87. The molecule has 0 saturated carbocycles. The van der Waals surface area contributed by atoms with E-state index in [0.29, 0.717) is 11.3 Å². The van der Waals surface area contributed by atoms with Crippen LogP contribution in [0.1, 0.15) is 32.3 Å². The fraction of sp³-hybridized carbons (Fsp3) is 0.421. The average molecular weight is 416 g/mol. The molecule has 28 heavy (non-hydrogen) atoms. The van der Waals surface area contributed by atoms with E-state index in [0.717, 1.165) is 17.1 Å². The summed E-state index contributed by atoms with van der Waals surface area (Å²) in [6.45, 7) is 3.65. The van der Waals surface area contributed by atoms with Crippen molar-refractivity contribution in [2.24, 2.45) is 0 Å². The van der Waals surface area contributed by atoms with Gasteiger partial charge in [-0.1, -0.05) is 26.0 Å². The van der Waals surface area contributed by atoms with Gasteiger partial charge in [0, 0.05) is 18.5 Å². The van der Waals surface area contributed by atoms with Gasteiger partial charge in [-0.25, -0.2) is 8.42 Å². The molecule has 2 rings (SSSR count). The summed E-state index contributed by atoms with van der Waals surface area (Å²) in [4.78, 5) is 3.90. The molecule has 0 saturated heterocycles. The zero-order valence-corrected chi connectivity index (χ0v) is 16.5. The number of halogens is 3. The van der Waals surface area contributed by atoms with E-state index in [1.165, 1.54) is 24.5 Å². The number of ether oxygens (including phenoxy) is 1. The third-order valence-electron chi connectivity index (χ3n) is 4.05. The highest BCUT2D eigenvalue weighted by Gasteiger charge is 2.38. The van der Waals surface area contributed by atoms with E-state index in [1.807, 2.05) is 13.8 Å². The molecule has 1 aromatic heterocycles. The molecule has 1 aromatic carbocycles. The first-order valence-corrected chi connectivity index (χ1v) is 10.5. The van der Waals surface area contributed by atoms with Crippen molar-refractivity contribution in [3.8, 4) is 5.75 Å². The number of anilines is 1. The van der Waals surface area contributed by atoms with Gasteiger partial charge in [-0.05, 0) is 36.6 Å². The second kappa shape index (κ2) is 9.27. The number of pyridine rings is 1. The van der Waals surface area contributed by atoms with Crippen LogP contribution in [0.15, 0.2) is 48.8 Å². The van der Waals surface area contributed by atoms with Crippen LogP contribution in [-0.4, -0.2) is 31.4 Å². The van der Waals surface area contributed by atoms with Crippen LogP contribution in [-0.2, 0) is 16.6 Å². The van der Waals surface area contributed by atoms with Gasteiger partial charge < -0.3 is 4.74 Å². The molecule has 0 aliphatic heterocycles. The quantitative estimate of drug-likeness (QED) is 0.602. The monoisotopic (exact) mass is 416 g/mol. The average Bonchev–Trinajstić information content (AvgIpc) is 2.63. The predicted octanol–water partition coefficient (Wildman–Crippen LogP) is 4.55. The number of hydrogen-bond acceptors (Lipinski definition) is 4. The summed E-state index contributed by atoms with van der Waals surface area (Å²) in [6, 6.07) is 9.31. The molecule has 0 fully saturated rings. The van der Waals surface area contributed by atoms with E-state index in [2.05, 4.69) is 4.98 Å². The van der Waals surface area contributed by atoms with Gasteiger partial charge in [-0.3, -0.25) is 9.29 Å². The maximum atomic E-state index is 12.9. The van der Waals surface area contributed by atoms with Gasteiger partial charge in [0.15, 0.2) is 5.75 Å². The van der Waals surface area contributed by atoms with E-state index in [9.17, 15) is 21.6 Å². The number of sulfonamides is 1. The minimum Gasteiger partial charge on any atom is -0.490 e. The van der Waals surface area contributed by atoms with Crippen LogP contribution in [0.4, 0.5) is 18.9 Å². The molecule has 2 aromatic rings. The Labute approximate surface area is 163 Å². The van der Waals surface area contributed by atoms with Crippen LogP contribution in [0.3, 0.4) is 0 Å². The van der Waals surface area contributed by atoms with Gasteiger partial charge in [0.2, 0.25) is 10.0 Å². The Kier molecular flexibility index (Phi) is 7.29. The zero-order chi connectivity index (χ0) is 20.8. The van der Waals surface area contributed by atoms with Crippen LogP contribution >= 0.6 is 0 Å². The maximum absolute atomic E-state index is 12.9. The second-order valence-corrected chi connectivity index (χ2v) is 8.19. The first kappa shape index (κ1) is 22.0. The number of benzene rings is 1. The molecule has 0 unspecified atom stereocenters. The lowest BCUT2D eigenvalue weighted by Gasteiger charge is -2.26. The molecule has 0 aliphatic carbocycles. The molecule has 0 radical (unpaired) electrons. The summed E-state index contributed by atoms with van der Waals surface area (Å²) < 4.78 is 70.2. The Morgan fingerprint density at radius 3 is 2.43 bits per heavy atom. The van der Waals surface area contributed by atoms with Gasteiger partial charge in [0.05, 0.1) is 18.3 Å². The van der Waals surface area contributed by atoms with Gasteiger partial charge >= 0.3 is 6.18 Å². The molecule has 0 atom stereocenters. The lowest BCUT2D eigenvalue weighted by Crippen LogP contribution is -2.37. The van der Waals surface area contributed by atoms with E-state index in [-0.39, 0.29) is 18.3 Å². The second-order valence-electron chi connectivity index (χ2n) is 6.29. The highest BCUT2D eigenvalue weighted by atomic mass is 32.2. The molecular weight excluding hydrogens is 393 g/mol. The number of rotatable bonds is 9. The van der Waals surface area contributed by atoms with Crippen molar-refractivity contribution in [2.45, 2.75) is 45.5 Å². The number of alkyl halides is 3. The third kappa shape index (κ3) is 6.40. The molecule has 5 nitrogen and oxygen atoms in total. The predicted molar refractivity (Wildman–Crippen MR) is 102 cm³/mol. The Morgan fingerprint density at radius 1 is 1.14 bits per heavy atom. The Balaban J connectivity index is 2.41. The van der Waals surface area contributed by atoms with Crippen molar-refractivity contribution in [3.05, 3.63) is 54.4 Å². The fourth-order valence-electron chi connectivity index (χ4n) is 2.65. The van der Waals surface area contributed by atoms with Crippen LogP contribution < -0.4 is 9.04 Å². The molecule has 0 bridgehead atoms. The Morgan fingerprint density at radius 2 is 1.86 bits per heavy atom. The molecule has 0 spiro atoms. The lowest BCUT2D eigenvalue weighted by molar-refractivity contribution is -0.106. The molecular formula is C19H23F3N2O3S. The van der Waals surface area contributed by atoms with Gasteiger partial charge in [-0.2, -0.15) is 13.2 Å². The number of aromatic nitrogens is 1. The SMILES string of the molecule is CCC(CC)Oc1cccc(N(Cc2cccnc2)S(=O)(=O)CC(F)(F)F)c1. The Hall–Kier alpha value is -2.29. The van der Waals surface area contributed by atoms with Crippen molar-refractivity contribution >= 4 is 15.7 Å². The maximum Gasteiger partial charge on any atom is 0.404 e. The highest BCUT2D eigenvalue weighted by Crippen LogP contribution is 2.29. The molecule has 0 amide bonds. The van der Waals surface area contributed by atoms with Crippen molar-refractivity contribution in [1.82, 2.24) is 4.98 Å². The van der Waals surface area contributed by atoms with E-state index < -0.39 is 22.0 Å². The van der Waals surface area contributed by atoms with Crippen molar-refractivity contribution in [2.75, 3.05) is 10.1 Å². The van der Waals surface area contributed by atoms with Gasteiger partial charge in [0.25, 0.3) is 0 Å². The topological polar surface area (TPSA) is 59.5 Å². The summed E-state index contributed by atoms with van der Waals surface area (Å²) in [5.74, 6) is -1.54. The molecule has 9 heteroatoms. The summed E-state index contributed by atoms with van der Waals surface area (Å²) in [7, 11) is -4.66. The third-order valence-corrected chi connectivity index (χ3v) is 5.75. The smallest absolute Gasteiger partial charge is 0.404 e. The van der Waals surface area contributed by atoms with Crippen LogP contribution in [0.2, 0.25) is 0 Å². The van der Waals surface area contributed by atoms with Crippen molar-refractivity contribution in [1.29, 1.82) is 0 Å². The molecule has 1 heterocycles. The van der Waals surface area contributed by atoms with Crippen LogP contribution in [0, 0.1) is 0 Å². The number of hydrogen-bond donors (Lipinski definition) is 0. The summed E-state index contributed by atoms with van der Waals surface area (Å²) >= 11 is 0.